The van der Waals surface area contributed by atoms with Crippen molar-refractivity contribution in [2.45, 2.75) is 70.2 Å². The third kappa shape index (κ3) is 4.43. The summed E-state index contributed by atoms with van der Waals surface area (Å²) in [6.07, 6.45) is 7.20. The predicted octanol–water partition coefficient (Wildman–Crippen LogP) is 4.88. The number of nitrogens with one attached hydrogen (secondary N) is 2. The predicted molar refractivity (Wildman–Crippen MR) is 121 cm³/mol. The Hall–Kier alpha value is -0.890. The number of esters is 1. The third-order valence-electron chi connectivity index (χ3n) is 7.28. The summed E-state index contributed by atoms with van der Waals surface area (Å²) in [4.78, 5) is 22.6. The number of H-pyrrole nitrogens is 1. The Morgan fingerprint density at radius 2 is 2.07 bits per heavy atom. The highest BCUT2D eigenvalue weighted by molar-refractivity contribution is 9.10. The first kappa shape index (κ1) is 22.8. The van der Waals surface area contributed by atoms with Gasteiger partial charge in [-0.25, -0.2) is 5.10 Å². The summed E-state index contributed by atoms with van der Waals surface area (Å²) in [6, 6.07) is 0.441. The van der Waals surface area contributed by atoms with Crippen LogP contribution in [0.5, 0.6) is 0 Å². The van der Waals surface area contributed by atoms with Gasteiger partial charge in [0.1, 0.15) is 8.80 Å². The van der Waals surface area contributed by atoms with Gasteiger partial charge in [-0.2, -0.15) is 5.10 Å². The van der Waals surface area contributed by atoms with E-state index in [1.807, 2.05) is 6.92 Å². The average Bonchev–Trinajstić information content (AvgIpc) is 2.65. The van der Waals surface area contributed by atoms with E-state index in [9.17, 15) is 9.59 Å². The minimum atomic E-state index is -0.316. The Balaban J connectivity index is 0.000000204. The van der Waals surface area contributed by atoms with Gasteiger partial charge in [0.2, 0.25) is 0 Å². The lowest BCUT2D eigenvalue weighted by atomic mass is 9.45. The highest BCUT2D eigenvalue weighted by Gasteiger charge is 2.56. The van der Waals surface area contributed by atoms with E-state index in [2.05, 4.69) is 68.1 Å². The number of halogens is 2. The number of rotatable bonds is 4. The van der Waals surface area contributed by atoms with Crippen molar-refractivity contribution >= 4 is 43.5 Å². The van der Waals surface area contributed by atoms with Crippen LogP contribution in [0.4, 0.5) is 5.69 Å². The number of alkyl halides is 1. The SMILES string of the molecule is CCOC(=O)C1(Br)CCC1.C[C@@H]1[C@H]2C[C@@H](C[C@H]1Nc1cn[nH]c(=O)c1Br)C2(C)C. The van der Waals surface area contributed by atoms with E-state index in [1.165, 1.54) is 12.8 Å². The summed E-state index contributed by atoms with van der Waals surface area (Å²) in [5.41, 5.74) is 1.11. The third-order valence-corrected chi connectivity index (χ3v) is 9.18. The number of aromatic nitrogens is 2. The molecular weight excluding hydrogens is 502 g/mol. The standard InChI is InChI=1S/C14H20BrN3O.C7H11BrO2/c1-7-9-4-8(14(9,2)3)5-10(7)17-11-6-16-18-13(19)12(11)15;1-2-10-6(9)7(8)4-3-5-7/h6-10H,4-5H2,1-3H3,(H2,17,18,19);2-5H2,1H3/t7-,8+,9-,10-;/m1./s1. The molecule has 2 N–H and O–H groups in total. The van der Waals surface area contributed by atoms with Crippen LogP contribution >= 0.6 is 31.9 Å². The molecule has 1 aromatic heterocycles. The van der Waals surface area contributed by atoms with Gasteiger partial charge in [-0.15, -0.1) is 0 Å². The lowest BCUT2D eigenvalue weighted by molar-refractivity contribution is -0.148. The second-order valence-corrected chi connectivity index (χ2v) is 11.5. The van der Waals surface area contributed by atoms with E-state index in [1.54, 1.807) is 6.20 Å². The molecule has 4 atom stereocenters. The molecule has 5 rings (SSSR count). The van der Waals surface area contributed by atoms with Gasteiger partial charge in [0, 0.05) is 6.04 Å². The van der Waals surface area contributed by atoms with E-state index in [-0.39, 0.29) is 15.9 Å². The minimum Gasteiger partial charge on any atom is -0.465 e. The van der Waals surface area contributed by atoms with Gasteiger partial charge in [-0.05, 0) is 78.1 Å². The number of aromatic amines is 1. The first-order chi connectivity index (χ1) is 13.6. The number of hydrogen-bond donors (Lipinski definition) is 2. The second kappa shape index (κ2) is 8.69. The lowest BCUT2D eigenvalue weighted by Gasteiger charge is -2.62. The highest BCUT2D eigenvalue weighted by atomic mass is 79.9. The Labute approximate surface area is 189 Å². The van der Waals surface area contributed by atoms with Crippen LogP contribution in [0.25, 0.3) is 0 Å². The Morgan fingerprint density at radius 3 is 2.59 bits per heavy atom. The van der Waals surface area contributed by atoms with Gasteiger partial charge >= 0.3 is 5.97 Å². The van der Waals surface area contributed by atoms with E-state index < -0.39 is 0 Å². The zero-order valence-corrected chi connectivity index (χ0v) is 20.7. The van der Waals surface area contributed by atoms with Crippen LogP contribution in [0.1, 0.15) is 59.8 Å². The molecule has 4 saturated carbocycles. The van der Waals surface area contributed by atoms with Gasteiger partial charge in [0.25, 0.3) is 5.56 Å². The normalized spacial score (nSPS) is 30.7. The quantitative estimate of drug-likeness (QED) is 0.426. The van der Waals surface area contributed by atoms with Crippen molar-refractivity contribution in [3.05, 3.63) is 21.0 Å². The molecule has 0 amide bonds. The van der Waals surface area contributed by atoms with E-state index in [0.29, 0.717) is 28.5 Å². The summed E-state index contributed by atoms with van der Waals surface area (Å²) in [7, 11) is 0. The molecule has 4 aliphatic rings. The van der Waals surface area contributed by atoms with E-state index in [4.69, 9.17) is 4.74 Å². The smallest absolute Gasteiger partial charge is 0.322 e. The molecule has 0 spiro atoms. The molecule has 0 saturated heterocycles. The van der Waals surface area contributed by atoms with Crippen LogP contribution in [-0.2, 0) is 9.53 Å². The molecule has 4 fully saturated rings. The average molecular weight is 533 g/mol. The van der Waals surface area contributed by atoms with Gasteiger partial charge in [0.15, 0.2) is 0 Å². The zero-order chi connectivity index (χ0) is 21.4. The van der Waals surface area contributed by atoms with Crippen LogP contribution in [0.15, 0.2) is 15.5 Å². The molecule has 0 radical (unpaired) electrons. The fourth-order valence-electron chi connectivity index (χ4n) is 4.98. The van der Waals surface area contributed by atoms with Gasteiger partial charge in [0.05, 0.1) is 18.5 Å². The number of hydrogen-bond acceptors (Lipinski definition) is 5. The highest BCUT2D eigenvalue weighted by Crippen LogP contribution is 2.61. The second-order valence-electron chi connectivity index (χ2n) is 9.17. The molecule has 0 unspecified atom stereocenters. The summed E-state index contributed by atoms with van der Waals surface area (Å²) in [5, 5.41) is 9.80. The molecule has 0 aliphatic heterocycles. The van der Waals surface area contributed by atoms with Crippen molar-refractivity contribution in [2.24, 2.45) is 23.2 Å². The molecule has 6 nitrogen and oxygen atoms in total. The number of fused-ring (bicyclic) bond motifs is 2. The topological polar surface area (TPSA) is 84.1 Å². The fraction of sp³-hybridized carbons (Fsp3) is 0.762. The van der Waals surface area contributed by atoms with Gasteiger partial charge in [-0.3, -0.25) is 9.59 Å². The Morgan fingerprint density at radius 1 is 1.38 bits per heavy atom. The molecule has 1 heterocycles. The van der Waals surface area contributed by atoms with Crippen LogP contribution in [-0.4, -0.2) is 33.1 Å². The molecule has 29 heavy (non-hydrogen) atoms. The van der Waals surface area contributed by atoms with Gasteiger partial charge in [-0.1, -0.05) is 36.7 Å². The number of anilines is 1. The van der Waals surface area contributed by atoms with Crippen molar-refractivity contribution in [3.63, 3.8) is 0 Å². The van der Waals surface area contributed by atoms with Crippen LogP contribution in [0.3, 0.4) is 0 Å². The molecule has 8 heteroatoms. The first-order valence-corrected chi connectivity index (χ1v) is 12.0. The summed E-state index contributed by atoms with van der Waals surface area (Å²) < 4.78 is 5.10. The van der Waals surface area contributed by atoms with Crippen molar-refractivity contribution < 1.29 is 9.53 Å². The number of carbonyl (C=O) groups excluding carboxylic acids is 1. The molecule has 1 aromatic rings. The van der Waals surface area contributed by atoms with Crippen LogP contribution < -0.4 is 10.9 Å². The molecule has 2 bridgehead atoms. The number of carbonyl (C=O) groups is 1. The summed E-state index contributed by atoms with van der Waals surface area (Å²) in [6.45, 7) is 9.42. The van der Waals surface area contributed by atoms with Gasteiger partial charge < -0.3 is 10.1 Å². The van der Waals surface area contributed by atoms with Crippen LogP contribution in [0.2, 0.25) is 0 Å². The Bertz CT molecular complexity index is 807. The maximum Gasteiger partial charge on any atom is 0.322 e. The molecular formula is C21H31Br2N3O3. The first-order valence-electron chi connectivity index (χ1n) is 10.5. The molecule has 0 aromatic carbocycles. The summed E-state index contributed by atoms with van der Waals surface area (Å²) in [5.74, 6) is 2.13. The van der Waals surface area contributed by atoms with Crippen LogP contribution in [0, 0.1) is 23.2 Å². The maximum absolute atomic E-state index is 11.5. The van der Waals surface area contributed by atoms with Crippen molar-refractivity contribution in [1.29, 1.82) is 0 Å². The van der Waals surface area contributed by atoms with E-state index in [0.717, 1.165) is 36.8 Å². The fourth-order valence-corrected chi connectivity index (χ4v) is 5.96. The van der Waals surface area contributed by atoms with Crippen molar-refractivity contribution in [3.8, 4) is 0 Å². The zero-order valence-electron chi connectivity index (χ0n) is 17.6. The number of ether oxygens (including phenoxy) is 1. The number of nitrogens with zero attached hydrogens (tertiary/aromatic N) is 1. The minimum absolute atomic E-state index is 0.0961. The monoisotopic (exact) mass is 531 g/mol. The maximum atomic E-state index is 11.5. The lowest BCUT2D eigenvalue weighted by Crippen LogP contribution is -2.58. The van der Waals surface area contributed by atoms with Crippen molar-refractivity contribution in [1.82, 2.24) is 10.2 Å². The van der Waals surface area contributed by atoms with Crippen molar-refractivity contribution in [2.75, 3.05) is 11.9 Å². The molecule has 4 aliphatic carbocycles. The molecule has 162 valence electrons. The van der Waals surface area contributed by atoms with E-state index >= 15 is 0 Å². The Kier molecular flexibility index (Phi) is 6.83. The largest absolute Gasteiger partial charge is 0.465 e. The summed E-state index contributed by atoms with van der Waals surface area (Å²) >= 11 is 6.69.